The lowest BCUT2D eigenvalue weighted by Gasteiger charge is -2.20. The van der Waals surface area contributed by atoms with E-state index in [0.717, 1.165) is 68.4 Å². The van der Waals surface area contributed by atoms with E-state index in [1.165, 1.54) is 17.7 Å². The van der Waals surface area contributed by atoms with Crippen LogP contribution in [-0.4, -0.2) is 47.1 Å². The zero-order valence-electron chi connectivity index (χ0n) is 16.9. The van der Waals surface area contributed by atoms with E-state index < -0.39 is 0 Å². The molecule has 5 nitrogen and oxygen atoms in total. The Kier molecular flexibility index (Phi) is 5.93. The van der Waals surface area contributed by atoms with E-state index >= 15 is 0 Å². The molecular weight excluding hydrogens is 348 g/mol. The molecule has 0 saturated carbocycles. The molecule has 1 saturated heterocycles. The summed E-state index contributed by atoms with van der Waals surface area (Å²) < 4.78 is 8.02. The fraction of sp³-hybridized carbons (Fsp3) is 0.435. The average molecular weight is 379 g/mol. The Morgan fingerprint density at radius 2 is 1.96 bits per heavy atom. The van der Waals surface area contributed by atoms with Crippen molar-refractivity contribution in [2.75, 3.05) is 32.8 Å². The highest BCUT2D eigenvalue weighted by atomic mass is 16.5. The summed E-state index contributed by atoms with van der Waals surface area (Å²) in [5.74, 6) is 0.922. The average Bonchev–Trinajstić information content (AvgIpc) is 2.89. The van der Waals surface area contributed by atoms with E-state index in [1.807, 2.05) is 0 Å². The van der Waals surface area contributed by atoms with Crippen LogP contribution in [0.25, 0.3) is 16.9 Å². The third-order valence-electron chi connectivity index (χ3n) is 5.35. The summed E-state index contributed by atoms with van der Waals surface area (Å²) in [6.45, 7) is 10.3. The molecule has 1 fully saturated rings. The molecule has 1 aliphatic rings. The van der Waals surface area contributed by atoms with Gasteiger partial charge in [0.05, 0.1) is 18.0 Å². The van der Waals surface area contributed by atoms with E-state index in [4.69, 9.17) is 9.72 Å². The first kappa shape index (κ1) is 19.0. The minimum Gasteiger partial charge on any atom is -0.494 e. The van der Waals surface area contributed by atoms with Gasteiger partial charge in [-0.15, -0.1) is 0 Å². The number of ether oxygens (including phenoxy) is 1. The number of benzene rings is 1. The van der Waals surface area contributed by atoms with Crippen LogP contribution in [0.15, 0.2) is 42.6 Å². The second-order valence-corrected chi connectivity index (χ2v) is 7.54. The molecule has 1 aromatic carbocycles. The maximum Gasteiger partial charge on any atom is 0.140 e. The van der Waals surface area contributed by atoms with E-state index in [1.54, 1.807) is 0 Å². The number of aryl methyl sites for hydroxylation is 1. The molecule has 0 bridgehead atoms. The van der Waals surface area contributed by atoms with Gasteiger partial charge >= 0.3 is 0 Å². The lowest BCUT2D eigenvalue weighted by Crippen LogP contribution is -2.28. The van der Waals surface area contributed by atoms with E-state index in [2.05, 4.69) is 71.1 Å². The Morgan fingerprint density at radius 1 is 1.11 bits per heavy atom. The first-order valence-electron chi connectivity index (χ1n) is 10.4. The summed E-state index contributed by atoms with van der Waals surface area (Å²) in [6, 6.07) is 12.6. The summed E-state index contributed by atoms with van der Waals surface area (Å²) in [5.41, 5.74) is 5.74. The molecule has 4 rings (SSSR count). The van der Waals surface area contributed by atoms with Crippen molar-refractivity contribution in [2.45, 2.75) is 33.2 Å². The van der Waals surface area contributed by atoms with Crippen molar-refractivity contribution in [3.63, 3.8) is 0 Å². The minimum absolute atomic E-state index is 0.751. The van der Waals surface area contributed by atoms with E-state index in [9.17, 15) is 0 Å². The Labute approximate surface area is 167 Å². The summed E-state index contributed by atoms with van der Waals surface area (Å²) >= 11 is 0. The molecule has 2 aromatic heterocycles. The second kappa shape index (κ2) is 8.76. The van der Waals surface area contributed by atoms with Crippen molar-refractivity contribution >= 4 is 5.65 Å². The summed E-state index contributed by atoms with van der Waals surface area (Å²) in [7, 11) is 0. The minimum atomic E-state index is 0.751. The molecule has 0 spiro atoms. The SMILES string of the molecule is CCCOc1ccc(-c2nc3c(C)cccn3c2CN2CCCNCC2)cc1. The highest BCUT2D eigenvalue weighted by Gasteiger charge is 2.19. The lowest BCUT2D eigenvalue weighted by atomic mass is 10.1. The molecule has 28 heavy (non-hydrogen) atoms. The lowest BCUT2D eigenvalue weighted by molar-refractivity contribution is 0.281. The first-order chi connectivity index (χ1) is 13.8. The Bertz CT molecular complexity index is 908. The van der Waals surface area contributed by atoms with E-state index in [-0.39, 0.29) is 0 Å². The molecular formula is C23H30N4O. The number of hydrogen-bond acceptors (Lipinski definition) is 4. The molecule has 0 unspecified atom stereocenters. The van der Waals surface area contributed by atoms with Gasteiger partial charge in [-0.05, 0) is 68.8 Å². The molecule has 0 aliphatic carbocycles. The maximum absolute atomic E-state index is 5.75. The number of imidazole rings is 1. The smallest absolute Gasteiger partial charge is 0.140 e. The van der Waals surface area contributed by atoms with Crippen LogP contribution in [-0.2, 0) is 6.54 Å². The van der Waals surface area contributed by atoms with Gasteiger partial charge in [0.25, 0.3) is 0 Å². The largest absolute Gasteiger partial charge is 0.494 e. The number of hydrogen-bond donors (Lipinski definition) is 1. The number of fused-ring (bicyclic) bond motifs is 1. The van der Waals surface area contributed by atoms with Crippen molar-refractivity contribution in [1.29, 1.82) is 0 Å². The van der Waals surface area contributed by atoms with Gasteiger partial charge in [0.2, 0.25) is 0 Å². The Hall–Kier alpha value is -2.37. The van der Waals surface area contributed by atoms with Crippen LogP contribution in [0.1, 0.15) is 31.0 Å². The van der Waals surface area contributed by atoms with Crippen LogP contribution in [0.4, 0.5) is 0 Å². The zero-order chi connectivity index (χ0) is 19.3. The van der Waals surface area contributed by atoms with Crippen molar-refractivity contribution in [3.05, 3.63) is 53.9 Å². The summed E-state index contributed by atoms with van der Waals surface area (Å²) in [6.07, 6.45) is 4.35. The maximum atomic E-state index is 5.75. The third-order valence-corrected chi connectivity index (χ3v) is 5.35. The molecule has 1 N–H and O–H groups in total. The molecule has 3 heterocycles. The van der Waals surface area contributed by atoms with Crippen LogP contribution in [0.3, 0.4) is 0 Å². The van der Waals surface area contributed by atoms with Crippen LogP contribution < -0.4 is 10.1 Å². The number of nitrogens with one attached hydrogen (secondary N) is 1. The van der Waals surface area contributed by atoms with Crippen molar-refractivity contribution in [1.82, 2.24) is 19.6 Å². The van der Waals surface area contributed by atoms with Crippen molar-refractivity contribution < 1.29 is 4.74 Å². The van der Waals surface area contributed by atoms with Crippen molar-refractivity contribution in [3.8, 4) is 17.0 Å². The number of pyridine rings is 1. The number of nitrogens with zero attached hydrogens (tertiary/aromatic N) is 3. The Morgan fingerprint density at radius 3 is 2.79 bits per heavy atom. The van der Waals surface area contributed by atoms with Gasteiger partial charge in [0, 0.05) is 31.4 Å². The monoisotopic (exact) mass is 378 g/mol. The van der Waals surface area contributed by atoms with Gasteiger partial charge in [0.1, 0.15) is 11.4 Å². The topological polar surface area (TPSA) is 41.8 Å². The predicted molar refractivity (Wildman–Crippen MR) is 114 cm³/mol. The van der Waals surface area contributed by atoms with Crippen LogP contribution >= 0.6 is 0 Å². The first-order valence-corrected chi connectivity index (χ1v) is 10.4. The van der Waals surface area contributed by atoms with Crippen LogP contribution in [0, 0.1) is 6.92 Å². The molecule has 5 heteroatoms. The van der Waals surface area contributed by atoms with Gasteiger partial charge in [-0.25, -0.2) is 4.98 Å². The zero-order valence-corrected chi connectivity index (χ0v) is 16.9. The fourth-order valence-corrected chi connectivity index (χ4v) is 3.84. The third kappa shape index (κ3) is 4.05. The predicted octanol–water partition coefficient (Wildman–Crippen LogP) is 3.89. The molecule has 3 aromatic rings. The number of rotatable bonds is 6. The standard InChI is InChI=1S/C23H30N4O/c1-3-16-28-20-9-7-19(8-10-20)22-21(17-26-13-5-11-24-12-15-26)27-14-4-6-18(2)23(27)25-22/h4,6-10,14,24H,3,5,11-13,15-17H2,1-2H3. The van der Waals surface area contributed by atoms with Crippen LogP contribution in [0.5, 0.6) is 5.75 Å². The molecule has 0 radical (unpaired) electrons. The highest BCUT2D eigenvalue weighted by molar-refractivity contribution is 5.68. The van der Waals surface area contributed by atoms with Gasteiger partial charge in [-0.3, -0.25) is 4.90 Å². The molecule has 0 amide bonds. The van der Waals surface area contributed by atoms with Gasteiger partial charge in [-0.2, -0.15) is 0 Å². The highest BCUT2D eigenvalue weighted by Crippen LogP contribution is 2.28. The van der Waals surface area contributed by atoms with Gasteiger partial charge < -0.3 is 14.5 Å². The summed E-state index contributed by atoms with van der Waals surface area (Å²) in [5, 5.41) is 3.49. The van der Waals surface area contributed by atoms with Crippen molar-refractivity contribution in [2.24, 2.45) is 0 Å². The molecule has 1 aliphatic heterocycles. The molecule has 0 atom stereocenters. The normalized spacial score (nSPS) is 15.6. The van der Waals surface area contributed by atoms with E-state index in [0.29, 0.717) is 0 Å². The second-order valence-electron chi connectivity index (χ2n) is 7.54. The van der Waals surface area contributed by atoms with Gasteiger partial charge in [-0.1, -0.05) is 13.0 Å². The fourth-order valence-electron chi connectivity index (χ4n) is 3.84. The van der Waals surface area contributed by atoms with Crippen LogP contribution in [0.2, 0.25) is 0 Å². The quantitative estimate of drug-likeness (QED) is 0.706. The molecule has 148 valence electrons. The van der Waals surface area contributed by atoms with Gasteiger partial charge in [0.15, 0.2) is 0 Å². The Balaban J connectivity index is 1.71. The summed E-state index contributed by atoms with van der Waals surface area (Å²) in [4.78, 5) is 7.58. The number of aromatic nitrogens is 2.